The zero-order chi connectivity index (χ0) is 15.2. The van der Waals surface area contributed by atoms with E-state index in [-0.39, 0.29) is 17.8 Å². The van der Waals surface area contributed by atoms with Gasteiger partial charge in [0.15, 0.2) is 10.1 Å². The number of rotatable bonds is 3. The van der Waals surface area contributed by atoms with Gasteiger partial charge in [-0.1, -0.05) is 12.2 Å². The highest BCUT2D eigenvalue weighted by Crippen LogP contribution is 2.67. The van der Waals surface area contributed by atoms with E-state index in [1.54, 1.807) is 0 Å². The number of carbonyl (C=O) groups excluding carboxylic acids is 1. The average molecular weight is 317 g/mol. The molecule has 116 valence electrons. The Hall–Kier alpha value is -0.820. The average Bonchev–Trinajstić information content (AvgIpc) is 3.13. The minimum atomic E-state index is -5.94. The van der Waals surface area contributed by atoms with Crippen molar-refractivity contribution in [2.24, 2.45) is 41.4 Å². The molecule has 0 aliphatic heterocycles. The van der Waals surface area contributed by atoms with Crippen molar-refractivity contribution >= 4 is 15.9 Å². The molecule has 0 heterocycles. The molecule has 3 saturated carbocycles. The van der Waals surface area contributed by atoms with E-state index in [9.17, 15) is 26.5 Å². The number of allylic oxidation sites excluding steroid dienone is 2. The topological polar surface area (TPSA) is 74.3 Å². The number of fused-ring (bicyclic) bond motifs is 9. The van der Waals surface area contributed by atoms with Crippen molar-refractivity contribution in [2.45, 2.75) is 24.5 Å². The number of Topliss-reactive ketones (excluding diaryl/α,β-unsaturated/α-hetero) is 1. The molecule has 0 aromatic rings. The van der Waals surface area contributed by atoms with Crippen molar-refractivity contribution < 1.29 is 26.5 Å². The fraction of sp³-hybridized carbons (Fsp3) is 0.786. The Morgan fingerprint density at radius 2 is 1.71 bits per heavy atom. The summed E-state index contributed by atoms with van der Waals surface area (Å²) in [5.74, 6) is -1.08. The molecule has 0 aromatic heterocycles. The first-order chi connectivity index (χ1) is 9.72. The third-order valence-corrected chi connectivity index (χ3v) is 7.04. The van der Waals surface area contributed by atoms with Gasteiger partial charge in [-0.2, -0.15) is 8.78 Å². The second-order valence-corrected chi connectivity index (χ2v) is 8.36. The SMILES string of the molecule is O=C(C1CC2CC1C1C3C=CC(C3)C21)C(F)(F)S(=O)(=O)[O-]. The van der Waals surface area contributed by atoms with Crippen molar-refractivity contribution in [3.05, 3.63) is 12.2 Å². The van der Waals surface area contributed by atoms with Crippen molar-refractivity contribution in [3.8, 4) is 0 Å². The minimum Gasteiger partial charge on any atom is -0.743 e. The molecule has 0 radical (unpaired) electrons. The van der Waals surface area contributed by atoms with E-state index in [4.69, 9.17) is 0 Å². The summed E-state index contributed by atoms with van der Waals surface area (Å²) in [4.78, 5) is 12.0. The van der Waals surface area contributed by atoms with Crippen LogP contribution in [0.4, 0.5) is 8.78 Å². The molecule has 7 unspecified atom stereocenters. The first kappa shape index (κ1) is 13.8. The van der Waals surface area contributed by atoms with Crippen molar-refractivity contribution in [2.75, 3.05) is 0 Å². The van der Waals surface area contributed by atoms with Crippen LogP contribution in [-0.2, 0) is 14.9 Å². The lowest BCUT2D eigenvalue weighted by atomic mass is 9.68. The summed E-state index contributed by atoms with van der Waals surface area (Å²) in [6.45, 7) is 0. The van der Waals surface area contributed by atoms with Crippen LogP contribution < -0.4 is 0 Å². The highest BCUT2D eigenvalue weighted by atomic mass is 32.2. The van der Waals surface area contributed by atoms with Gasteiger partial charge < -0.3 is 4.55 Å². The first-order valence-electron chi connectivity index (χ1n) is 7.27. The molecular weight excluding hydrogens is 302 g/mol. The van der Waals surface area contributed by atoms with Crippen LogP contribution in [0.1, 0.15) is 19.3 Å². The molecule has 4 aliphatic carbocycles. The number of alkyl halides is 2. The van der Waals surface area contributed by atoms with Gasteiger partial charge in [-0.25, -0.2) is 8.42 Å². The number of carbonyl (C=O) groups is 1. The normalized spacial score (nSPS) is 47.1. The van der Waals surface area contributed by atoms with Crippen LogP contribution in [0.25, 0.3) is 0 Å². The minimum absolute atomic E-state index is 0.180. The first-order valence-corrected chi connectivity index (χ1v) is 8.68. The maximum absolute atomic E-state index is 13.6. The van der Waals surface area contributed by atoms with Crippen LogP contribution in [0.3, 0.4) is 0 Å². The number of hydrogen-bond acceptors (Lipinski definition) is 4. The standard InChI is InChI=1S/C14H16F2O4S/c15-14(16,21(18,19)20)13(17)10-5-8-4-9(10)12-7-2-1-6(3-7)11(8)12/h1-2,6-12H,3-5H2,(H,18,19,20)/p-1. The van der Waals surface area contributed by atoms with Crippen molar-refractivity contribution in [1.29, 1.82) is 0 Å². The van der Waals surface area contributed by atoms with E-state index in [0.29, 0.717) is 24.2 Å². The molecule has 0 saturated heterocycles. The molecule has 7 atom stereocenters. The molecule has 4 nitrogen and oxygen atoms in total. The van der Waals surface area contributed by atoms with E-state index < -0.39 is 27.1 Å². The van der Waals surface area contributed by atoms with E-state index in [1.807, 2.05) is 0 Å². The Balaban J connectivity index is 1.63. The fourth-order valence-electron chi connectivity index (χ4n) is 5.66. The van der Waals surface area contributed by atoms with E-state index in [0.717, 1.165) is 12.8 Å². The quantitative estimate of drug-likeness (QED) is 0.452. The second kappa shape index (κ2) is 3.93. The van der Waals surface area contributed by atoms with Crippen LogP contribution in [-0.4, -0.2) is 24.0 Å². The Kier molecular flexibility index (Phi) is 2.58. The molecule has 7 heteroatoms. The van der Waals surface area contributed by atoms with E-state index in [1.165, 1.54) is 0 Å². The summed E-state index contributed by atoms with van der Waals surface area (Å²) in [5, 5.41) is -4.79. The molecule has 4 bridgehead atoms. The zero-order valence-corrected chi connectivity index (χ0v) is 11.9. The predicted octanol–water partition coefficient (Wildman–Crippen LogP) is 1.79. The molecule has 0 aromatic carbocycles. The van der Waals surface area contributed by atoms with Gasteiger partial charge in [-0.15, -0.1) is 0 Å². The van der Waals surface area contributed by atoms with E-state index >= 15 is 0 Å². The lowest BCUT2D eigenvalue weighted by Gasteiger charge is -2.37. The van der Waals surface area contributed by atoms with Gasteiger partial charge in [0.1, 0.15) is 0 Å². The maximum Gasteiger partial charge on any atom is 0.391 e. The lowest BCUT2D eigenvalue weighted by molar-refractivity contribution is -0.141. The molecule has 0 amide bonds. The monoisotopic (exact) mass is 317 g/mol. The number of halogens is 2. The van der Waals surface area contributed by atoms with Gasteiger partial charge in [0.2, 0.25) is 5.78 Å². The molecule has 21 heavy (non-hydrogen) atoms. The Morgan fingerprint density at radius 1 is 1.10 bits per heavy atom. The van der Waals surface area contributed by atoms with Crippen molar-refractivity contribution in [3.63, 3.8) is 0 Å². The third-order valence-electron chi connectivity index (χ3n) is 6.21. The Morgan fingerprint density at radius 3 is 2.33 bits per heavy atom. The molecule has 3 fully saturated rings. The summed E-state index contributed by atoms with van der Waals surface area (Å²) < 4.78 is 59.2. The lowest BCUT2D eigenvalue weighted by Crippen LogP contribution is -2.45. The molecular formula is C14H15F2O4S-. The van der Waals surface area contributed by atoms with Gasteiger partial charge in [0.05, 0.1) is 0 Å². The summed E-state index contributed by atoms with van der Waals surface area (Å²) in [6.07, 6.45) is 6.36. The molecule has 0 spiro atoms. The molecule has 0 N–H and O–H groups in total. The Labute approximate surface area is 121 Å². The highest BCUT2D eigenvalue weighted by molar-refractivity contribution is 7.87. The number of ketones is 1. The highest BCUT2D eigenvalue weighted by Gasteiger charge is 2.64. The molecule has 4 aliphatic rings. The molecule has 4 rings (SSSR count). The van der Waals surface area contributed by atoms with Crippen molar-refractivity contribution in [1.82, 2.24) is 0 Å². The fourth-order valence-corrected chi connectivity index (χ4v) is 6.05. The smallest absolute Gasteiger partial charge is 0.391 e. The predicted molar refractivity (Wildman–Crippen MR) is 67.1 cm³/mol. The zero-order valence-electron chi connectivity index (χ0n) is 11.1. The van der Waals surface area contributed by atoms with Crippen LogP contribution in [0.15, 0.2) is 12.2 Å². The summed E-state index contributed by atoms with van der Waals surface area (Å²) in [5.41, 5.74) is 0. The Bertz CT molecular complexity index is 641. The largest absolute Gasteiger partial charge is 0.743 e. The number of hydrogen-bond donors (Lipinski definition) is 0. The third kappa shape index (κ3) is 1.62. The van der Waals surface area contributed by atoms with Gasteiger partial charge in [-0.05, 0) is 54.8 Å². The summed E-state index contributed by atoms with van der Waals surface area (Å²) in [6, 6.07) is 0. The van der Waals surface area contributed by atoms with Crippen LogP contribution in [0.5, 0.6) is 0 Å². The van der Waals surface area contributed by atoms with Gasteiger partial charge in [-0.3, -0.25) is 4.79 Å². The van der Waals surface area contributed by atoms with Crippen LogP contribution in [0.2, 0.25) is 0 Å². The van der Waals surface area contributed by atoms with Gasteiger partial charge in [0.25, 0.3) is 0 Å². The summed E-state index contributed by atoms with van der Waals surface area (Å²) >= 11 is 0. The summed E-state index contributed by atoms with van der Waals surface area (Å²) in [7, 11) is -5.94. The van der Waals surface area contributed by atoms with Gasteiger partial charge in [0, 0.05) is 5.92 Å². The maximum atomic E-state index is 13.6. The van der Waals surface area contributed by atoms with Crippen LogP contribution in [0, 0.1) is 41.4 Å². The van der Waals surface area contributed by atoms with E-state index in [2.05, 4.69) is 12.2 Å². The van der Waals surface area contributed by atoms with Crippen LogP contribution >= 0.6 is 0 Å². The van der Waals surface area contributed by atoms with Gasteiger partial charge >= 0.3 is 5.25 Å². The second-order valence-electron chi connectivity index (χ2n) is 6.94.